The van der Waals surface area contributed by atoms with E-state index in [0.717, 1.165) is 18.5 Å². The maximum Gasteiger partial charge on any atom is 0.332 e. The van der Waals surface area contributed by atoms with E-state index in [0.29, 0.717) is 13.0 Å². The fourth-order valence-electron chi connectivity index (χ4n) is 2.11. The van der Waals surface area contributed by atoms with Gasteiger partial charge in [-0.25, -0.2) is 4.79 Å². The molecule has 2 N–H and O–H groups in total. The number of aliphatic carboxylic acids is 1. The van der Waals surface area contributed by atoms with Gasteiger partial charge >= 0.3 is 5.97 Å². The Balaban J connectivity index is 1.74. The highest BCUT2D eigenvalue weighted by Crippen LogP contribution is 2.19. The summed E-state index contributed by atoms with van der Waals surface area (Å²) >= 11 is 0. The number of aryl methyl sites for hydroxylation is 1. The Morgan fingerprint density at radius 1 is 1.61 bits per heavy atom. The van der Waals surface area contributed by atoms with Crippen LogP contribution in [-0.2, 0) is 16.1 Å². The van der Waals surface area contributed by atoms with Gasteiger partial charge in [-0.05, 0) is 37.0 Å². The number of carbonyl (C=O) groups is 1. The molecule has 0 aliphatic carbocycles. The summed E-state index contributed by atoms with van der Waals surface area (Å²) in [6, 6.07) is 1.98. The zero-order valence-electron chi connectivity index (χ0n) is 10.4. The van der Waals surface area contributed by atoms with Gasteiger partial charge in [0.25, 0.3) is 0 Å². The molecule has 1 aliphatic heterocycles. The van der Waals surface area contributed by atoms with Crippen molar-refractivity contribution >= 4 is 5.97 Å². The highest BCUT2D eigenvalue weighted by atomic mass is 16.5. The summed E-state index contributed by atoms with van der Waals surface area (Å²) in [7, 11) is 0. The van der Waals surface area contributed by atoms with Gasteiger partial charge in [0.1, 0.15) is 0 Å². The Hall–Kier alpha value is -1.46. The molecule has 0 bridgehead atoms. The fourth-order valence-corrected chi connectivity index (χ4v) is 2.11. The number of rotatable bonds is 5. The normalized spacial score (nSPS) is 23.2. The number of carboxylic acid groups (broad SMARTS) is 1. The first-order chi connectivity index (χ1) is 8.66. The summed E-state index contributed by atoms with van der Waals surface area (Å²) in [4.78, 5) is 14.8. The van der Waals surface area contributed by atoms with Crippen molar-refractivity contribution in [3.05, 3.63) is 29.6 Å². The molecule has 0 amide bonds. The molecule has 2 heterocycles. The van der Waals surface area contributed by atoms with Crippen LogP contribution in [0.5, 0.6) is 0 Å². The van der Waals surface area contributed by atoms with E-state index in [2.05, 4.69) is 10.3 Å². The number of hydrogen-bond donors (Lipinski definition) is 2. The van der Waals surface area contributed by atoms with E-state index >= 15 is 0 Å². The predicted octanol–water partition coefficient (Wildman–Crippen LogP) is 1.11. The van der Waals surface area contributed by atoms with E-state index in [4.69, 9.17) is 9.84 Å². The molecule has 0 aromatic carbocycles. The number of nitrogens with zero attached hydrogens (tertiary/aromatic N) is 1. The van der Waals surface area contributed by atoms with Gasteiger partial charge in [-0.3, -0.25) is 4.98 Å². The Morgan fingerprint density at radius 2 is 2.44 bits per heavy atom. The lowest BCUT2D eigenvalue weighted by molar-refractivity contribution is -0.149. The van der Waals surface area contributed by atoms with E-state index in [1.54, 1.807) is 6.20 Å². The molecule has 1 aromatic rings. The molecular formula is C13H18N2O3. The van der Waals surface area contributed by atoms with Crippen LogP contribution in [0.1, 0.15) is 24.0 Å². The lowest BCUT2D eigenvalue weighted by Crippen LogP contribution is -2.28. The molecule has 1 aliphatic rings. The minimum Gasteiger partial charge on any atom is -0.479 e. The van der Waals surface area contributed by atoms with E-state index in [9.17, 15) is 4.79 Å². The third kappa shape index (κ3) is 3.27. The average molecular weight is 250 g/mol. The van der Waals surface area contributed by atoms with Gasteiger partial charge in [0.2, 0.25) is 0 Å². The van der Waals surface area contributed by atoms with Crippen molar-refractivity contribution in [1.82, 2.24) is 10.3 Å². The van der Waals surface area contributed by atoms with Crippen molar-refractivity contribution in [3.8, 4) is 0 Å². The molecule has 0 saturated carbocycles. The number of nitrogens with one attached hydrogen (secondary N) is 1. The van der Waals surface area contributed by atoms with Gasteiger partial charge in [0, 0.05) is 25.5 Å². The Morgan fingerprint density at radius 3 is 3.11 bits per heavy atom. The number of ether oxygens (including phenoxy) is 1. The first kappa shape index (κ1) is 13.0. The van der Waals surface area contributed by atoms with Crippen LogP contribution in [0.25, 0.3) is 0 Å². The minimum absolute atomic E-state index is 0.00763. The molecule has 98 valence electrons. The zero-order valence-corrected chi connectivity index (χ0v) is 10.4. The van der Waals surface area contributed by atoms with Gasteiger partial charge in [-0.1, -0.05) is 0 Å². The van der Waals surface area contributed by atoms with E-state index in [1.807, 2.05) is 19.2 Å². The first-order valence-corrected chi connectivity index (χ1v) is 6.15. The lowest BCUT2D eigenvalue weighted by atomic mass is 10.1. The topological polar surface area (TPSA) is 71.5 Å². The van der Waals surface area contributed by atoms with Crippen LogP contribution in [0.2, 0.25) is 0 Å². The third-order valence-electron chi connectivity index (χ3n) is 3.21. The molecule has 1 aromatic heterocycles. The largest absolute Gasteiger partial charge is 0.479 e. The predicted molar refractivity (Wildman–Crippen MR) is 66.2 cm³/mol. The summed E-state index contributed by atoms with van der Waals surface area (Å²) in [5, 5.41) is 12.1. The van der Waals surface area contributed by atoms with Crippen molar-refractivity contribution in [2.45, 2.75) is 38.5 Å². The molecule has 1 fully saturated rings. The van der Waals surface area contributed by atoms with Crippen molar-refractivity contribution < 1.29 is 14.6 Å². The molecular weight excluding hydrogens is 232 g/mol. The first-order valence-electron chi connectivity index (χ1n) is 6.15. The SMILES string of the molecule is Cc1cnccc1CNCC1CCC(C(=O)O)O1. The molecule has 2 unspecified atom stereocenters. The summed E-state index contributed by atoms with van der Waals surface area (Å²) < 4.78 is 5.42. The van der Waals surface area contributed by atoms with Crippen molar-refractivity contribution in [2.24, 2.45) is 0 Å². The molecule has 5 nitrogen and oxygen atoms in total. The van der Waals surface area contributed by atoms with E-state index < -0.39 is 12.1 Å². The van der Waals surface area contributed by atoms with Gasteiger partial charge in [0.05, 0.1) is 6.10 Å². The van der Waals surface area contributed by atoms with Crippen LogP contribution in [0.4, 0.5) is 0 Å². The smallest absolute Gasteiger partial charge is 0.332 e. The maximum atomic E-state index is 10.7. The van der Waals surface area contributed by atoms with Crippen LogP contribution in [0, 0.1) is 6.92 Å². The summed E-state index contributed by atoms with van der Waals surface area (Å²) in [5.74, 6) is -0.859. The molecule has 5 heteroatoms. The van der Waals surface area contributed by atoms with Gasteiger partial charge in [-0.15, -0.1) is 0 Å². The number of carboxylic acids is 1. The standard InChI is InChI=1S/C13H18N2O3/c1-9-6-14-5-4-10(9)7-15-8-11-2-3-12(18-11)13(16)17/h4-6,11-12,15H,2-3,7-8H2,1H3,(H,16,17). The third-order valence-corrected chi connectivity index (χ3v) is 3.21. The molecule has 2 rings (SSSR count). The summed E-state index contributed by atoms with van der Waals surface area (Å²) in [6.45, 7) is 3.47. The Kier molecular flexibility index (Phi) is 4.28. The molecule has 18 heavy (non-hydrogen) atoms. The van der Waals surface area contributed by atoms with Crippen LogP contribution in [0.3, 0.4) is 0 Å². The number of pyridine rings is 1. The van der Waals surface area contributed by atoms with Crippen LogP contribution in [0.15, 0.2) is 18.5 Å². The second kappa shape index (κ2) is 5.93. The summed E-state index contributed by atoms with van der Waals surface area (Å²) in [6.07, 6.45) is 4.41. The van der Waals surface area contributed by atoms with Crippen LogP contribution >= 0.6 is 0 Å². The van der Waals surface area contributed by atoms with E-state index in [-0.39, 0.29) is 6.10 Å². The minimum atomic E-state index is -0.859. The fraction of sp³-hybridized carbons (Fsp3) is 0.538. The monoisotopic (exact) mass is 250 g/mol. The van der Waals surface area contributed by atoms with Gasteiger partial charge < -0.3 is 15.2 Å². The molecule has 0 spiro atoms. The van der Waals surface area contributed by atoms with Gasteiger partial charge in [0.15, 0.2) is 6.10 Å². The van der Waals surface area contributed by atoms with E-state index in [1.165, 1.54) is 5.56 Å². The highest BCUT2D eigenvalue weighted by Gasteiger charge is 2.29. The Bertz CT molecular complexity index is 422. The second-order valence-corrected chi connectivity index (χ2v) is 4.60. The van der Waals surface area contributed by atoms with Gasteiger partial charge in [-0.2, -0.15) is 0 Å². The van der Waals surface area contributed by atoms with Crippen molar-refractivity contribution in [3.63, 3.8) is 0 Å². The molecule has 0 radical (unpaired) electrons. The van der Waals surface area contributed by atoms with Crippen molar-refractivity contribution in [2.75, 3.05) is 6.54 Å². The second-order valence-electron chi connectivity index (χ2n) is 4.60. The average Bonchev–Trinajstić information content (AvgIpc) is 2.80. The zero-order chi connectivity index (χ0) is 13.0. The number of aromatic nitrogens is 1. The van der Waals surface area contributed by atoms with Crippen LogP contribution in [-0.4, -0.2) is 34.8 Å². The van der Waals surface area contributed by atoms with Crippen molar-refractivity contribution in [1.29, 1.82) is 0 Å². The van der Waals surface area contributed by atoms with Crippen LogP contribution < -0.4 is 5.32 Å². The number of hydrogen-bond acceptors (Lipinski definition) is 4. The highest BCUT2D eigenvalue weighted by molar-refractivity contribution is 5.72. The molecule has 1 saturated heterocycles. The Labute approximate surface area is 106 Å². The summed E-state index contributed by atoms with van der Waals surface area (Å²) in [5.41, 5.74) is 2.36. The maximum absolute atomic E-state index is 10.7. The molecule has 2 atom stereocenters. The quantitative estimate of drug-likeness (QED) is 0.819. The lowest BCUT2D eigenvalue weighted by Gasteiger charge is -2.13.